The number of nitrogens with zero attached hydrogens (tertiary/aromatic N) is 4. The number of esters is 1. The van der Waals surface area contributed by atoms with Crippen LogP contribution in [0.5, 0.6) is 0 Å². The van der Waals surface area contributed by atoms with Gasteiger partial charge in [-0.25, -0.2) is 14.8 Å². The van der Waals surface area contributed by atoms with E-state index in [2.05, 4.69) is 14.9 Å². The first-order valence-corrected chi connectivity index (χ1v) is 10.6. The van der Waals surface area contributed by atoms with E-state index in [1.165, 1.54) is 11.3 Å². The summed E-state index contributed by atoms with van der Waals surface area (Å²) in [7, 11) is 0. The number of ether oxygens (including phenoxy) is 1. The molecule has 0 radical (unpaired) electrons. The van der Waals surface area contributed by atoms with E-state index in [9.17, 15) is 9.59 Å². The van der Waals surface area contributed by atoms with Gasteiger partial charge in [0, 0.05) is 37.8 Å². The van der Waals surface area contributed by atoms with Crippen LogP contribution in [0.1, 0.15) is 10.5 Å². The summed E-state index contributed by atoms with van der Waals surface area (Å²) in [5.74, 6) is 0.147. The number of carbonyl (C=O) groups excluding carboxylic acids is 2. The Morgan fingerprint density at radius 3 is 2.64 bits per heavy atom. The third-order valence-corrected chi connectivity index (χ3v) is 6.26. The Labute approximate surface area is 170 Å². The zero-order valence-electron chi connectivity index (χ0n) is 15.0. The molecule has 0 aliphatic carbocycles. The molecule has 7 nitrogen and oxygen atoms in total. The summed E-state index contributed by atoms with van der Waals surface area (Å²) >= 11 is 2.95. The van der Waals surface area contributed by atoms with Crippen LogP contribution in [0.15, 0.2) is 47.3 Å². The van der Waals surface area contributed by atoms with Gasteiger partial charge in [0.2, 0.25) is 0 Å². The first-order valence-electron chi connectivity index (χ1n) is 8.81. The number of thiazole rings is 1. The van der Waals surface area contributed by atoms with E-state index >= 15 is 0 Å². The summed E-state index contributed by atoms with van der Waals surface area (Å²) in [5.41, 5.74) is 0.237. The van der Waals surface area contributed by atoms with E-state index in [-0.39, 0.29) is 18.2 Å². The molecule has 1 saturated heterocycles. The average molecular weight is 415 g/mol. The predicted molar refractivity (Wildman–Crippen MR) is 109 cm³/mol. The molecular formula is C19H18N4O3S2. The molecule has 0 bridgehead atoms. The fourth-order valence-electron chi connectivity index (χ4n) is 2.90. The van der Waals surface area contributed by atoms with Crippen molar-refractivity contribution in [3.63, 3.8) is 0 Å². The molecule has 0 spiro atoms. The molecule has 0 saturated carbocycles. The molecule has 4 heterocycles. The molecule has 0 N–H and O–H groups in total. The van der Waals surface area contributed by atoms with Crippen LogP contribution in [0.4, 0.5) is 5.82 Å². The molecule has 3 aromatic rings. The molecule has 1 aliphatic rings. The molecule has 0 atom stereocenters. The minimum absolute atomic E-state index is 0.192. The van der Waals surface area contributed by atoms with Crippen molar-refractivity contribution in [2.24, 2.45) is 0 Å². The molecule has 4 rings (SSSR count). The highest BCUT2D eigenvalue weighted by molar-refractivity contribution is 7.20. The van der Waals surface area contributed by atoms with Gasteiger partial charge in [0.05, 0.1) is 4.88 Å². The van der Waals surface area contributed by atoms with Gasteiger partial charge in [-0.2, -0.15) is 0 Å². The highest BCUT2D eigenvalue weighted by Gasteiger charge is 2.23. The Balaban J connectivity index is 1.26. The minimum Gasteiger partial charge on any atom is -0.451 e. The first kappa shape index (κ1) is 18.6. The second-order valence-electron chi connectivity index (χ2n) is 6.15. The number of amides is 1. The van der Waals surface area contributed by atoms with Gasteiger partial charge in [-0.3, -0.25) is 4.79 Å². The van der Waals surface area contributed by atoms with E-state index in [0.717, 1.165) is 15.7 Å². The summed E-state index contributed by atoms with van der Waals surface area (Å²) in [5, 5.41) is 4.40. The molecule has 144 valence electrons. The van der Waals surface area contributed by atoms with Crippen molar-refractivity contribution in [1.29, 1.82) is 0 Å². The number of piperazine rings is 1. The van der Waals surface area contributed by atoms with E-state index < -0.39 is 5.97 Å². The number of hydrogen-bond acceptors (Lipinski definition) is 8. The Hall–Kier alpha value is -2.78. The fourth-order valence-corrected chi connectivity index (χ4v) is 4.50. The first-order chi connectivity index (χ1) is 13.7. The molecule has 28 heavy (non-hydrogen) atoms. The lowest BCUT2D eigenvalue weighted by Crippen LogP contribution is -2.50. The number of carbonyl (C=O) groups is 2. The normalized spacial score (nSPS) is 14.1. The Kier molecular flexibility index (Phi) is 5.63. The van der Waals surface area contributed by atoms with Crippen molar-refractivity contribution in [3.8, 4) is 9.88 Å². The Bertz CT molecular complexity index is 935. The monoisotopic (exact) mass is 414 g/mol. The van der Waals surface area contributed by atoms with Crippen molar-refractivity contribution < 1.29 is 14.3 Å². The molecule has 9 heteroatoms. The van der Waals surface area contributed by atoms with Crippen molar-refractivity contribution in [1.82, 2.24) is 14.9 Å². The quantitative estimate of drug-likeness (QED) is 0.598. The van der Waals surface area contributed by atoms with Crippen molar-refractivity contribution >= 4 is 40.4 Å². The molecule has 1 aliphatic heterocycles. The van der Waals surface area contributed by atoms with Gasteiger partial charge in [0.1, 0.15) is 10.8 Å². The number of pyridine rings is 1. The maximum Gasteiger partial charge on any atom is 0.358 e. The van der Waals surface area contributed by atoms with Crippen LogP contribution in [0.3, 0.4) is 0 Å². The van der Waals surface area contributed by atoms with Gasteiger partial charge < -0.3 is 14.5 Å². The van der Waals surface area contributed by atoms with Crippen LogP contribution in [0.2, 0.25) is 0 Å². The van der Waals surface area contributed by atoms with E-state index in [1.54, 1.807) is 27.8 Å². The number of thiophene rings is 1. The van der Waals surface area contributed by atoms with E-state index in [1.807, 2.05) is 35.7 Å². The largest absolute Gasteiger partial charge is 0.451 e. The maximum absolute atomic E-state index is 12.4. The van der Waals surface area contributed by atoms with E-state index in [4.69, 9.17) is 4.74 Å². The lowest BCUT2D eigenvalue weighted by atomic mass is 10.3. The third-order valence-electron chi connectivity index (χ3n) is 4.38. The summed E-state index contributed by atoms with van der Waals surface area (Å²) < 4.78 is 5.18. The van der Waals surface area contributed by atoms with Crippen LogP contribution in [0.25, 0.3) is 9.88 Å². The van der Waals surface area contributed by atoms with Crippen LogP contribution in [0, 0.1) is 0 Å². The summed E-state index contributed by atoms with van der Waals surface area (Å²) in [6.45, 7) is 2.28. The zero-order chi connectivity index (χ0) is 19.3. The van der Waals surface area contributed by atoms with Crippen LogP contribution >= 0.6 is 22.7 Å². The summed E-state index contributed by atoms with van der Waals surface area (Å²) in [6.07, 6.45) is 1.76. The van der Waals surface area contributed by atoms with Crippen LogP contribution in [-0.2, 0) is 9.53 Å². The van der Waals surface area contributed by atoms with E-state index in [0.29, 0.717) is 26.2 Å². The second-order valence-corrected chi connectivity index (χ2v) is 7.95. The van der Waals surface area contributed by atoms with Gasteiger partial charge in [-0.1, -0.05) is 12.1 Å². The summed E-state index contributed by atoms with van der Waals surface area (Å²) in [4.78, 5) is 38.0. The van der Waals surface area contributed by atoms with Crippen LogP contribution < -0.4 is 4.90 Å². The van der Waals surface area contributed by atoms with Crippen molar-refractivity contribution in [2.45, 2.75) is 0 Å². The minimum atomic E-state index is -0.570. The summed E-state index contributed by atoms with van der Waals surface area (Å²) in [6, 6.07) is 9.67. The van der Waals surface area contributed by atoms with Gasteiger partial charge in [-0.15, -0.1) is 22.7 Å². The number of hydrogen-bond donors (Lipinski definition) is 0. The fraction of sp³-hybridized carbons (Fsp3) is 0.263. The van der Waals surface area contributed by atoms with Gasteiger partial charge in [-0.05, 0) is 23.6 Å². The topological polar surface area (TPSA) is 75.6 Å². The lowest BCUT2D eigenvalue weighted by Gasteiger charge is -2.35. The van der Waals surface area contributed by atoms with Gasteiger partial charge in [0.15, 0.2) is 12.3 Å². The van der Waals surface area contributed by atoms with Gasteiger partial charge in [0.25, 0.3) is 5.91 Å². The zero-order valence-corrected chi connectivity index (χ0v) is 16.6. The third kappa shape index (κ3) is 4.20. The van der Waals surface area contributed by atoms with Crippen molar-refractivity contribution in [3.05, 3.63) is 53.0 Å². The highest BCUT2D eigenvalue weighted by Crippen LogP contribution is 2.27. The van der Waals surface area contributed by atoms with Crippen molar-refractivity contribution in [2.75, 3.05) is 37.7 Å². The number of anilines is 1. The lowest BCUT2D eigenvalue weighted by molar-refractivity contribution is -0.134. The highest BCUT2D eigenvalue weighted by atomic mass is 32.1. The SMILES string of the molecule is O=C(OCC(=O)N1CCN(c2ccccn2)CC1)c1csc(-c2cccs2)n1. The number of aromatic nitrogens is 2. The number of rotatable bonds is 5. The van der Waals surface area contributed by atoms with Crippen LogP contribution in [-0.4, -0.2) is 59.5 Å². The molecule has 1 fully saturated rings. The molecule has 0 unspecified atom stereocenters. The average Bonchev–Trinajstić information content (AvgIpc) is 3.44. The predicted octanol–water partition coefficient (Wildman–Crippen LogP) is 2.77. The van der Waals surface area contributed by atoms with Gasteiger partial charge >= 0.3 is 5.97 Å². The Morgan fingerprint density at radius 2 is 1.93 bits per heavy atom. The molecule has 1 amide bonds. The standard InChI is InChI=1S/C19H18N4O3S2/c24-17(23-9-7-22(8-10-23)16-5-1-2-6-20-16)12-26-19(25)14-13-28-18(21-14)15-4-3-11-27-15/h1-6,11,13H,7-10,12H2. The molecule has 0 aromatic carbocycles. The Morgan fingerprint density at radius 1 is 1.07 bits per heavy atom. The smallest absolute Gasteiger partial charge is 0.358 e. The molecular weight excluding hydrogens is 396 g/mol. The second kappa shape index (κ2) is 8.49. The molecule has 3 aromatic heterocycles. The maximum atomic E-state index is 12.4.